The molecule has 4 atom stereocenters. The summed E-state index contributed by atoms with van der Waals surface area (Å²) in [6, 6.07) is 12.3. The molecule has 4 heteroatoms. The van der Waals surface area contributed by atoms with Crippen LogP contribution in [0.25, 0.3) is 11.1 Å². The number of aliphatic hydroxyl groups is 4. The van der Waals surface area contributed by atoms with E-state index in [0.29, 0.717) is 0 Å². The first-order valence-corrected chi connectivity index (χ1v) is 10.1. The molecule has 0 aliphatic heterocycles. The first-order valence-electron chi connectivity index (χ1n) is 10.1. The Kier molecular flexibility index (Phi) is 8.20. The van der Waals surface area contributed by atoms with Gasteiger partial charge in [0.1, 0.15) is 0 Å². The molecular weight excluding hydrogens is 352 g/mol. The Bertz CT molecular complexity index is 706. The van der Waals surface area contributed by atoms with Gasteiger partial charge in [-0.3, -0.25) is 0 Å². The van der Waals surface area contributed by atoms with Crippen molar-refractivity contribution in [1.29, 1.82) is 0 Å². The molecule has 2 rings (SSSR count). The quantitative estimate of drug-likeness (QED) is 0.529. The molecule has 4 unspecified atom stereocenters. The Hall–Kier alpha value is -1.72. The summed E-state index contributed by atoms with van der Waals surface area (Å²) in [5.41, 5.74) is 6.24. The zero-order chi connectivity index (χ0) is 20.8. The van der Waals surface area contributed by atoms with Crippen molar-refractivity contribution in [3.63, 3.8) is 0 Å². The van der Waals surface area contributed by atoms with Crippen LogP contribution in [-0.2, 0) is 0 Å². The van der Waals surface area contributed by atoms with Gasteiger partial charge >= 0.3 is 0 Å². The summed E-state index contributed by atoms with van der Waals surface area (Å²) in [6.07, 6.45) is 0. The van der Waals surface area contributed by atoms with Gasteiger partial charge in [-0.25, -0.2) is 0 Å². The van der Waals surface area contributed by atoms with Gasteiger partial charge in [-0.15, -0.1) is 0 Å². The van der Waals surface area contributed by atoms with E-state index >= 15 is 0 Å². The van der Waals surface area contributed by atoms with Crippen molar-refractivity contribution in [2.24, 2.45) is 0 Å². The topological polar surface area (TPSA) is 80.9 Å². The second-order valence-electron chi connectivity index (χ2n) is 8.03. The predicted molar refractivity (Wildman–Crippen MR) is 114 cm³/mol. The highest BCUT2D eigenvalue weighted by atomic mass is 16.3. The van der Waals surface area contributed by atoms with E-state index in [-0.39, 0.29) is 50.1 Å². The minimum Gasteiger partial charge on any atom is -0.396 e. The second kappa shape index (κ2) is 10.2. The van der Waals surface area contributed by atoms with E-state index in [4.69, 9.17) is 0 Å². The van der Waals surface area contributed by atoms with Crippen LogP contribution in [-0.4, -0.2) is 46.9 Å². The van der Waals surface area contributed by atoms with E-state index in [9.17, 15) is 20.4 Å². The summed E-state index contributed by atoms with van der Waals surface area (Å²) in [5, 5.41) is 38.6. The summed E-state index contributed by atoms with van der Waals surface area (Å²) in [6.45, 7) is 8.16. The summed E-state index contributed by atoms with van der Waals surface area (Å²) < 4.78 is 0. The maximum atomic E-state index is 9.80. The lowest BCUT2D eigenvalue weighted by Gasteiger charge is -2.23. The van der Waals surface area contributed by atoms with Crippen LogP contribution < -0.4 is 0 Å². The highest BCUT2D eigenvalue weighted by Gasteiger charge is 2.20. The maximum Gasteiger partial charge on any atom is 0.0497 e. The Morgan fingerprint density at radius 3 is 1.14 bits per heavy atom. The number of aliphatic hydroxyl groups excluding tert-OH is 4. The van der Waals surface area contributed by atoms with Crippen LogP contribution in [0, 0.1) is 0 Å². The third kappa shape index (κ3) is 4.81. The van der Waals surface area contributed by atoms with Gasteiger partial charge in [-0.2, -0.15) is 0 Å². The van der Waals surface area contributed by atoms with Gasteiger partial charge in [0.2, 0.25) is 0 Å². The molecule has 0 aliphatic rings. The fourth-order valence-corrected chi connectivity index (χ4v) is 3.49. The van der Waals surface area contributed by atoms with Crippen molar-refractivity contribution in [2.45, 2.75) is 51.4 Å². The van der Waals surface area contributed by atoms with Crippen molar-refractivity contribution >= 4 is 0 Å². The summed E-state index contributed by atoms with van der Waals surface area (Å²) in [5.74, 6) is -0.0343. The molecule has 4 nitrogen and oxygen atoms in total. The molecule has 154 valence electrons. The van der Waals surface area contributed by atoms with Gasteiger partial charge in [0.05, 0.1) is 0 Å². The molecule has 2 aromatic rings. The third-order valence-corrected chi connectivity index (χ3v) is 5.74. The average Bonchev–Trinajstić information content (AvgIpc) is 2.75. The van der Waals surface area contributed by atoms with Crippen molar-refractivity contribution in [3.8, 4) is 11.1 Å². The Morgan fingerprint density at radius 1 is 0.536 bits per heavy atom. The molecule has 0 saturated carbocycles. The highest BCUT2D eigenvalue weighted by molar-refractivity contribution is 5.73. The fraction of sp³-hybridized carbons (Fsp3) is 0.500. The molecule has 0 fully saturated rings. The standard InChI is InChI=1S/C24H34O4/c1-15(11-25)19-5-7-21(23(9-19)17(3)13-27)22-8-6-20(16(2)12-26)10-24(22)18(4)14-28/h5-10,15-18,25-28H,11-14H2,1-4H3. The van der Waals surface area contributed by atoms with Gasteiger partial charge in [0.15, 0.2) is 0 Å². The van der Waals surface area contributed by atoms with Crippen LogP contribution in [0.2, 0.25) is 0 Å². The molecule has 2 aromatic carbocycles. The zero-order valence-corrected chi connectivity index (χ0v) is 17.4. The molecule has 0 radical (unpaired) electrons. The monoisotopic (exact) mass is 386 g/mol. The van der Waals surface area contributed by atoms with Gasteiger partial charge in [0.25, 0.3) is 0 Å². The summed E-state index contributed by atoms with van der Waals surface area (Å²) in [4.78, 5) is 0. The van der Waals surface area contributed by atoms with Gasteiger partial charge in [-0.1, -0.05) is 64.1 Å². The Balaban J connectivity index is 2.68. The molecule has 0 amide bonds. The minimum atomic E-state index is -0.0471. The largest absolute Gasteiger partial charge is 0.396 e. The van der Waals surface area contributed by atoms with E-state index in [1.807, 2.05) is 39.8 Å². The molecule has 0 bridgehead atoms. The highest BCUT2D eigenvalue weighted by Crippen LogP contribution is 2.37. The number of rotatable bonds is 9. The third-order valence-electron chi connectivity index (χ3n) is 5.74. The zero-order valence-electron chi connectivity index (χ0n) is 17.4. The molecule has 0 saturated heterocycles. The van der Waals surface area contributed by atoms with Crippen LogP contribution in [0.15, 0.2) is 36.4 Å². The van der Waals surface area contributed by atoms with E-state index in [1.54, 1.807) is 0 Å². The van der Waals surface area contributed by atoms with Crippen LogP contribution in [0.5, 0.6) is 0 Å². The number of hydrogen-bond donors (Lipinski definition) is 4. The van der Waals surface area contributed by atoms with Crippen LogP contribution in [0.4, 0.5) is 0 Å². The molecule has 0 aromatic heterocycles. The van der Waals surface area contributed by atoms with Gasteiger partial charge in [-0.05, 0) is 33.4 Å². The molecule has 0 aliphatic carbocycles. The lowest BCUT2D eigenvalue weighted by Crippen LogP contribution is -2.09. The second-order valence-corrected chi connectivity index (χ2v) is 8.03. The Labute approximate surface area is 168 Å². The predicted octanol–water partition coefficient (Wildman–Crippen LogP) is 3.74. The van der Waals surface area contributed by atoms with E-state index in [1.165, 1.54) is 0 Å². The summed E-state index contributed by atoms with van der Waals surface area (Å²) in [7, 11) is 0. The molecular formula is C24H34O4. The van der Waals surface area contributed by atoms with Crippen molar-refractivity contribution in [1.82, 2.24) is 0 Å². The first-order chi connectivity index (χ1) is 13.4. The van der Waals surface area contributed by atoms with Crippen molar-refractivity contribution in [3.05, 3.63) is 58.7 Å². The number of hydrogen-bond acceptors (Lipinski definition) is 4. The average molecular weight is 387 g/mol. The molecule has 28 heavy (non-hydrogen) atoms. The molecule has 4 N–H and O–H groups in total. The van der Waals surface area contributed by atoms with Crippen molar-refractivity contribution < 1.29 is 20.4 Å². The van der Waals surface area contributed by atoms with E-state index < -0.39 is 0 Å². The maximum absolute atomic E-state index is 9.80. The summed E-state index contributed by atoms with van der Waals surface area (Å²) >= 11 is 0. The minimum absolute atomic E-state index is 0.0299. The van der Waals surface area contributed by atoms with Crippen LogP contribution in [0.3, 0.4) is 0 Å². The smallest absolute Gasteiger partial charge is 0.0497 e. The molecule has 0 spiro atoms. The van der Waals surface area contributed by atoms with Gasteiger partial charge in [0, 0.05) is 50.1 Å². The first kappa shape index (κ1) is 22.6. The van der Waals surface area contributed by atoms with Crippen LogP contribution >= 0.6 is 0 Å². The SMILES string of the molecule is CC(CO)c1ccc(-c2ccc(C(C)CO)cc2C(C)CO)c(C(C)CO)c1. The lowest BCUT2D eigenvalue weighted by atomic mass is 9.83. The van der Waals surface area contributed by atoms with E-state index in [2.05, 4.69) is 24.3 Å². The molecule has 0 heterocycles. The lowest BCUT2D eigenvalue weighted by molar-refractivity contribution is 0.269. The van der Waals surface area contributed by atoms with Crippen LogP contribution in [0.1, 0.15) is 73.6 Å². The fourth-order valence-electron chi connectivity index (χ4n) is 3.49. The van der Waals surface area contributed by atoms with Gasteiger partial charge < -0.3 is 20.4 Å². The normalized spacial score (nSPS) is 15.9. The van der Waals surface area contributed by atoms with E-state index in [0.717, 1.165) is 33.4 Å². The Morgan fingerprint density at radius 2 is 0.857 bits per heavy atom. The number of benzene rings is 2. The van der Waals surface area contributed by atoms with Crippen molar-refractivity contribution in [2.75, 3.05) is 26.4 Å².